The van der Waals surface area contributed by atoms with E-state index >= 15 is 0 Å². The smallest absolute Gasteiger partial charge is 0.343 e. The second-order valence-corrected chi connectivity index (χ2v) is 4.52. The summed E-state index contributed by atoms with van der Waals surface area (Å²) in [6.45, 7) is 5.70. The van der Waals surface area contributed by atoms with E-state index in [4.69, 9.17) is 4.74 Å². The molecule has 104 valence electrons. The van der Waals surface area contributed by atoms with Crippen LogP contribution in [-0.4, -0.2) is 17.1 Å². The number of carbonyl (C=O) groups excluding carboxylic acids is 1. The van der Waals surface area contributed by atoms with Crippen molar-refractivity contribution in [2.24, 2.45) is 0 Å². The predicted octanol–water partition coefficient (Wildman–Crippen LogP) is 2.63. The van der Waals surface area contributed by atoms with E-state index in [1.165, 1.54) is 0 Å². The first-order chi connectivity index (χ1) is 9.56. The first-order valence-corrected chi connectivity index (χ1v) is 6.52. The second-order valence-electron chi connectivity index (χ2n) is 4.52. The molecule has 2 rings (SSSR count). The lowest BCUT2D eigenvalue weighted by Gasteiger charge is -2.14. The Labute approximate surface area is 117 Å². The molecule has 4 heteroatoms. The van der Waals surface area contributed by atoms with Gasteiger partial charge in [0.05, 0.1) is 6.61 Å². The molecular weight excluding hydrogens is 254 g/mol. The van der Waals surface area contributed by atoms with Crippen molar-refractivity contribution in [1.29, 1.82) is 0 Å². The molecule has 0 atom stereocenters. The summed E-state index contributed by atoms with van der Waals surface area (Å²) in [6.07, 6.45) is 0. The van der Waals surface area contributed by atoms with Crippen LogP contribution in [0.4, 0.5) is 0 Å². The SMILES string of the molecule is CCOC(=O)c1cc(C)c(C)n(-c2ccccc2)c1=O. The Bertz CT molecular complexity index is 687. The molecule has 1 aromatic heterocycles. The van der Waals surface area contributed by atoms with E-state index in [1.54, 1.807) is 17.6 Å². The molecule has 0 aliphatic carbocycles. The Morgan fingerprint density at radius 2 is 1.85 bits per heavy atom. The van der Waals surface area contributed by atoms with Gasteiger partial charge < -0.3 is 4.74 Å². The molecule has 0 saturated carbocycles. The minimum Gasteiger partial charge on any atom is -0.462 e. The molecule has 2 aromatic rings. The Balaban J connectivity index is 2.69. The molecule has 1 heterocycles. The summed E-state index contributed by atoms with van der Waals surface area (Å²) in [6, 6.07) is 10.9. The molecule has 0 spiro atoms. The maximum atomic E-state index is 12.5. The van der Waals surface area contributed by atoms with Crippen molar-refractivity contribution in [2.45, 2.75) is 20.8 Å². The Morgan fingerprint density at radius 1 is 1.20 bits per heavy atom. The molecule has 0 amide bonds. The predicted molar refractivity (Wildman–Crippen MR) is 77.5 cm³/mol. The van der Waals surface area contributed by atoms with Gasteiger partial charge in [0.25, 0.3) is 5.56 Å². The Morgan fingerprint density at radius 3 is 2.45 bits per heavy atom. The number of hydrogen-bond donors (Lipinski definition) is 0. The number of nitrogens with zero attached hydrogens (tertiary/aromatic N) is 1. The summed E-state index contributed by atoms with van der Waals surface area (Å²) < 4.78 is 6.49. The maximum Gasteiger partial charge on any atom is 0.343 e. The summed E-state index contributed by atoms with van der Waals surface area (Å²) >= 11 is 0. The van der Waals surface area contributed by atoms with Gasteiger partial charge >= 0.3 is 5.97 Å². The molecule has 0 bridgehead atoms. The molecule has 0 aliphatic heterocycles. The van der Waals surface area contributed by atoms with E-state index in [1.807, 2.05) is 44.2 Å². The normalized spacial score (nSPS) is 10.3. The van der Waals surface area contributed by atoms with Gasteiger partial charge in [0.1, 0.15) is 5.56 Å². The standard InChI is InChI=1S/C16H17NO3/c1-4-20-16(19)14-10-11(2)12(3)17(15(14)18)13-8-6-5-7-9-13/h5-10H,4H2,1-3H3. The lowest BCUT2D eigenvalue weighted by molar-refractivity contribution is 0.0523. The topological polar surface area (TPSA) is 48.3 Å². The summed E-state index contributed by atoms with van der Waals surface area (Å²) in [4.78, 5) is 24.4. The number of carbonyl (C=O) groups is 1. The fourth-order valence-corrected chi connectivity index (χ4v) is 2.07. The minimum absolute atomic E-state index is 0.0683. The van der Waals surface area contributed by atoms with Crippen molar-refractivity contribution in [3.05, 3.63) is 63.6 Å². The molecular formula is C16H17NO3. The highest BCUT2D eigenvalue weighted by Gasteiger charge is 2.17. The van der Waals surface area contributed by atoms with E-state index in [9.17, 15) is 9.59 Å². The van der Waals surface area contributed by atoms with Crippen molar-refractivity contribution in [3.8, 4) is 5.69 Å². The highest BCUT2D eigenvalue weighted by molar-refractivity contribution is 5.89. The highest BCUT2D eigenvalue weighted by atomic mass is 16.5. The van der Waals surface area contributed by atoms with E-state index in [-0.39, 0.29) is 17.7 Å². The number of rotatable bonds is 3. The number of ether oxygens (including phenoxy) is 1. The van der Waals surface area contributed by atoms with Gasteiger partial charge in [-0.15, -0.1) is 0 Å². The van der Waals surface area contributed by atoms with Gasteiger partial charge in [0.15, 0.2) is 0 Å². The Hall–Kier alpha value is -2.36. The highest BCUT2D eigenvalue weighted by Crippen LogP contribution is 2.13. The van der Waals surface area contributed by atoms with Crippen LogP contribution in [0.2, 0.25) is 0 Å². The quantitative estimate of drug-likeness (QED) is 0.806. The monoisotopic (exact) mass is 271 g/mol. The second kappa shape index (κ2) is 5.74. The zero-order valence-electron chi connectivity index (χ0n) is 11.8. The lowest BCUT2D eigenvalue weighted by Crippen LogP contribution is -2.28. The molecule has 0 N–H and O–H groups in total. The number of esters is 1. The van der Waals surface area contributed by atoms with Crippen LogP contribution in [0.15, 0.2) is 41.2 Å². The van der Waals surface area contributed by atoms with Gasteiger partial charge in [-0.1, -0.05) is 18.2 Å². The maximum absolute atomic E-state index is 12.5. The van der Waals surface area contributed by atoms with Crippen LogP contribution in [0, 0.1) is 13.8 Å². The summed E-state index contributed by atoms with van der Waals surface area (Å²) in [7, 11) is 0. The molecule has 20 heavy (non-hydrogen) atoms. The third kappa shape index (κ3) is 2.50. The fourth-order valence-electron chi connectivity index (χ4n) is 2.07. The molecule has 0 aliphatic rings. The van der Waals surface area contributed by atoms with Gasteiger partial charge in [0, 0.05) is 11.4 Å². The Kier molecular flexibility index (Phi) is 4.03. The molecule has 0 radical (unpaired) electrons. The van der Waals surface area contributed by atoms with Crippen molar-refractivity contribution < 1.29 is 9.53 Å². The third-order valence-corrected chi connectivity index (χ3v) is 3.21. The number of benzene rings is 1. The van der Waals surface area contributed by atoms with Crippen LogP contribution >= 0.6 is 0 Å². The zero-order valence-corrected chi connectivity index (χ0v) is 11.8. The third-order valence-electron chi connectivity index (χ3n) is 3.21. The van der Waals surface area contributed by atoms with Crippen molar-refractivity contribution >= 4 is 5.97 Å². The number of hydrogen-bond acceptors (Lipinski definition) is 3. The number of para-hydroxylation sites is 1. The average Bonchev–Trinajstić information content (AvgIpc) is 2.44. The van der Waals surface area contributed by atoms with Crippen LogP contribution in [0.25, 0.3) is 5.69 Å². The van der Waals surface area contributed by atoms with E-state index in [0.29, 0.717) is 0 Å². The zero-order chi connectivity index (χ0) is 14.7. The first-order valence-electron chi connectivity index (χ1n) is 6.52. The first kappa shape index (κ1) is 14.1. The van der Waals surface area contributed by atoms with Crippen LogP contribution in [-0.2, 0) is 4.74 Å². The van der Waals surface area contributed by atoms with Crippen LogP contribution in [0.5, 0.6) is 0 Å². The number of aryl methyl sites for hydroxylation is 1. The summed E-state index contributed by atoms with van der Waals surface area (Å²) in [5, 5.41) is 0. The van der Waals surface area contributed by atoms with E-state index in [2.05, 4.69) is 0 Å². The number of pyridine rings is 1. The van der Waals surface area contributed by atoms with Crippen LogP contribution < -0.4 is 5.56 Å². The average molecular weight is 271 g/mol. The molecule has 0 fully saturated rings. The molecule has 0 saturated heterocycles. The largest absolute Gasteiger partial charge is 0.462 e. The van der Waals surface area contributed by atoms with Crippen LogP contribution in [0.1, 0.15) is 28.5 Å². The number of aromatic nitrogens is 1. The van der Waals surface area contributed by atoms with Crippen molar-refractivity contribution in [3.63, 3.8) is 0 Å². The van der Waals surface area contributed by atoms with E-state index in [0.717, 1.165) is 16.9 Å². The van der Waals surface area contributed by atoms with Crippen molar-refractivity contribution in [1.82, 2.24) is 4.57 Å². The minimum atomic E-state index is -0.578. The van der Waals surface area contributed by atoms with E-state index < -0.39 is 5.97 Å². The van der Waals surface area contributed by atoms with Gasteiger partial charge in [0.2, 0.25) is 0 Å². The van der Waals surface area contributed by atoms with Crippen molar-refractivity contribution in [2.75, 3.05) is 6.61 Å². The van der Waals surface area contributed by atoms with Gasteiger partial charge in [-0.3, -0.25) is 9.36 Å². The fraction of sp³-hybridized carbons (Fsp3) is 0.250. The van der Waals surface area contributed by atoms with Gasteiger partial charge in [-0.05, 0) is 44.5 Å². The van der Waals surface area contributed by atoms with Crippen LogP contribution in [0.3, 0.4) is 0 Å². The van der Waals surface area contributed by atoms with Gasteiger partial charge in [-0.2, -0.15) is 0 Å². The summed E-state index contributed by atoms with van der Waals surface area (Å²) in [5.74, 6) is -0.578. The molecule has 1 aromatic carbocycles. The summed E-state index contributed by atoms with van der Waals surface area (Å²) in [5.41, 5.74) is 2.14. The lowest BCUT2D eigenvalue weighted by atomic mass is 10.1. The molecule has 0 unspecified atom stereocenters. The molecule has 4 nitrogen and oxygen atoms in total. The van der Waals surface area contributed by atoms with Gasteiger partial charge in [-0.25, -0.2) is 4.79 Å².